The van der Waals surface area contributed by atoms with Gasteiger partial charge in [0.1, 0.15) is 0 Å². The topological polar surface area (TPSA) is 58.5 Å². The largest absolute Gasteiger partial charge is 0.276 e. The second kappa shape index (κ2) is 7.58. The normalized spacial score (nSPS) is 18.0. The van der Waals surface area contributed by atoms with Gasteiger partial charge in [0.25, 0.3) is 10.0 Å². The second-order valence-electron chi connectivity index (χ2n) is 6.42. The van der Waals surface area contributed by atoms with Crippen LogP contribution >= 0.6 is 11.6 Å². The van der Waals surface area contributed by atoms with E-state index < -0.39 is 10.0 Å². The molecule has 1 fully saturated rings. The fraction of sp³-hybridized carbons (Fsp3) is 0.316. The molecule has 25 heavy (non-hydrogen) atoms. The van der Waals surface area contributed by atoms with Gasteiger partial charge in [-0.3, -0.25) is 0 Å². The van der Waals surface area contributed by atoms with E-state index in [2.05, 4.69) is 16.0 Å². The second-order valence-corrected chi connectivity index (χ2v) is 8.51. The van der Waals surface area contributed by atoms with Crippen molar-refractivity contribution in [2.45, 2.75) is 43.4 Å². The summed E-state index contributed by atoms with van der Waals surface area (Å²) < 4.78 is 24.6. The van der Waals surface area contributed by atoms with E-state index >= 15 is 0 Å². The van der Waals surface area contributed by atoms with Gasteiger partial charge in [0.05, 0.1) is 4.90 Å². The number of hydrazone groups is 1. The highest BCUT2D eigenvalue weighted by Gasteiger charge is 2.20. The maximum atomic E-state index is 12.3. The molecule has 6 heteroatoms. The molecule has 3 rings (SSSR count). The molecular weight excluding hydrogens is 356 g/mol. The summed E-state index contributed by atoms with van der Waals surface area (Å²) in [5.74, 6) is 0.450. The molecule has 1 aliphatic rings. The Hall–Kier alpha value is -1.85. The Morgan fingerprint density at radius 2 is 1.76 bits per heavy atom. The van der Waals surface area contributed by atoms with Gasteiger partial charge < -0.3 is 0 Å². The Morgan fingerprint density at radius 3 is 2.40 bits per heavy atom. The summed E-state index contributed by atoms with van der Waals surface area (Å²) in [5.41, 5.74) is 3.16. The average Bonchev–Trinajstić information content (AvgIpc) is 2.61. The lowest BCUT2D eigenvalue weighted by atomic mass is 9.83. The molecule has 0 heterocycles. The van der Waals surface area contributed by atoms with Crippen LogP contribution in [0.25, 0.3) is 0 Å². The van der Waals surface area contributed by atoms with Crippen LogP contribution in [0.15, 0.2) is 58.5 Å². The van der Waals surface area contributed by atoms with Crippen molar-refractivity contribution in [3.05, 3.63) is 64.7 Å². The molecule has 0 aromatic heterocycles. The Balaban J connectivity index is 1.62. The lowest BCUT2D eigenvalue weighted by molar-refractivity contribution is 0.560. The summed E-state index contributed by atoms with van der Waals surface area (Å²) in [6, 6.07) is 14.7. The van der Waals surface area contributed by atoms with Crippen LogP contribution in [-0.4, -0.2) is 14.1 Å². The minimum absolute atomic E-state index is 0.232. The Morgan fingerprint density at radius 1 is 1.08 bits per heavy atom. The molecule has 0 spiro atoms. The smallest absolute Gasteiger partial charge is 0.200 e. The van der Waals surface area contributed by atoms with Crippen molar-refractivity contribution in [2.24, 2.45) is 5.10 Å². The van der Waals surface area contributed by atoms with Gasteiger partial charge in [-0.05, 0) is 68.4 Å². The van der Waals surface area contributed by atoms with Crippen molar-refractivity contribution in [3.63, 3.8) is 0 Å². The molecule has 1 saturated carbocycles. The number of nitrogens with zero attached hydrogens (tertiary/aromatic N) is 1. The predicted octanol–water partition coefficient (Wildman–Crippen LogP) is 4.64. The van der Waals surface area contributed by atoms with E-state index in [9.17, 15) is 8.42 Å². The monoisotopic (exact) mass is 376 g/mol. The van der Waals surface area contributed by atoms with E-state index in [0.717, 1.165) is 42.0 Å². The van der Waals surface area contributed by atoms with Gasteiger partial charge in [0.2, 0.25) is 0 Å². The number of hydrogen-bond donors (Lipinski definition) is 1. The lowest BCUT2D eigenvalue weighted by Gasteiger charge is -2.23. The van der Waals surface area contributed by atoms with Gasteiger partial charge in [-0.1, -0.05) is 41.4 Å². The summed E-state index contributed by atoms with van der Waals surface area (Å²) in [7, 11) is -3.60. The highest BCUT2D eigenvalue weighted by Crippen LogP contribution is 2.32. The van der Waals surface area contributed by atoms with Crippen molar-refractivity contribution >= 4 is 27.3 Å². The molecule has 0 bridgehead atoms. The standard InChI is InChI=1S/C19H21ClN2O2S/c1-14-5-11-19(12-6-14)25(23,24)22-21-18-9-7-15(8-10-18)16-3-2-4-17(20)13-16/h2-6,11-13,15,22H,7-10H2,1H3. The zero-order valence-corrected chi connectivity index (χ0v) is 15.6. The van der Waals surface area contributed by atoms with Crippen molar-refractivity contribution in [3.8, 4) is 0 Å². The first-order valence-electron chi connectivity index (χ1n) is 8.33. The van der Waals surface area contributed by atoms with Gasteiger partial charge in [-0.2, -0.15) is 13.5 Å². The molecule has 1 aliphatic carbocycles. The number of rotatable bonds is 4. The molecule has 1 N–H and O–H groups in total. The number of halogens is 1. The van der Waals surface area contributed by atoms with Crippen LogP contribution in [-0.2, 0) is 10.0 Å². The summed E-state index contributed by atoms with van der Waals surface area (Å²) in [5, 5.41) is 4.90. The van der Waals surface area contributed by atoms with E-state index in [1.54, 1.807) is 24.3 Å². The van der Waals surface area contributed by atoms with Crippen LogP contribution < -0.4 is 4.83 Å². The molecule has 0 atom stereocenters. The zero-order valence-electron chi connectivity index (χ0n) is 14.1. The number of hydrogen-bond acceptors (Lipinski definition) is 3. The van der Waals surface area contributed by atoms with Crippen LogP contribution in [0.4, 0.5) is 0 Å². The van der Waals surface area contributed by atoms with Crippen molar-refractivity contribution in [1.82, 2.24) is 4.83 Å². The first kappa shape index (κ1) is 18.0. The Labute approximate surface area is 154 Å². The molecule has 2 aromatic rings. The van der Waals surface area contributed by atoms with Gasteiger partial charge >= 0.3 is 0 Å². The Bertz CT molecular complexity index is 867. The molecular formula is C19H21ClN2O2S. The van der Waals surface area contributed by atoms with Gasteiger partial charge in [0, 0.05) is 10.7 Å². The highest BCUT2D eigenvalue weighted by atomic mass is 35.5. The quantitative estimate of drug-likeness (QED) is 0.790. The van der Waals surface area contributed by atoms with Crippen LogP contribution in [0.1, 0.15) is 42.7 Å². The zero-order chi connectivity index (χ0) is 17.9. The third kappa shape index (κ3) is 4.61. The predicted molar refractivity (Wildman–Crippen MR) is 102 cm³/mol. The molecule has 2 aromatic carbocycles. The van der Waals surface area contributed by atoms with Crippen molar-refractivity contribution in [2.75, 3.05) is 0 Å². The number of nitrogens with one attached hydrogen (secondary N) is 1. The van der Waals surface area contributed by atoms with Crippen molar-refractivity contribution in [1.29, 1.82) is 0 Å². The molecule has 0 saturated heterocycles. The van der Waals surface area contributed by atoms with Gasteiger partial charge in [-0.15, -0.1) is 0 Å². The summed E-state index contributed by atoms with van der Waals surface area (Å²) in [4.78, 5) is 2.60. The third-order valence-electron chi connectivity index (χ3n) is 4.54. The molecule has 4 nitrogen and oxygen atoms in total. The van der Waals surface area contributed by atoms with Gasteiger partial charge in [-0.25, -0.2) is 4.83 Å². The van der Waals surface area contributed by atoms with E-state index in [4.69, 9.17) is 11.6 Å². The van der Waals surface area contributed by atoms with E-state index in [-0.39, 0.29) is 4.90 Å². The fourth-order valence-corrected chi connectivity index (χ4v) is 4.10. The molecule has 0 radical (unpaired) electrons. The lowest BCUT2D eigenvalue weighted by Crippen LogP contribution is -2.22. The van der Waals surface area contributed by atoms with Crippen molar-refractivity contribution < 1.29 is 8.42 Å². The first-order valence-corrected chi connectivity index (χ1v) is 10.2. The maximum absolute atomic E-state index is 12.3. The minimum Gasteiger partial charge on any atom is -0.200 e. The third-order valence-corrected chi connectivity index (χ3v) is 6.00. The molecule has 0 amide bonds. The van der Waals surface area contributed by atoms with E-state index in [1.807, 2.05) is 25.1 Å². The molecule has 0 unspecified atom stereocenters. The van der Waals surface area contributed by atoms with Crippen LogP contribution in [0, 0.1) is 6.92 Å². The fourth-order valence-electron chi connectivity index (χ4n) is 3.05. The van der Waals surface area contributed by atoms with Crippen LogP contribution in [0.5, 0.6) is 0 Å². The first-order chi connectivity index (χ1) is 11.9. The summed E-state index contributed by atoms with van der Waals surface area (Å²) in [6.07, 6.45) is 3.47. The van der Waals surface area contributed by atoms with Crippen LogP contribution in [0.3, 0.4) is 0 Å². The summed E-state index contributed by atoms with van der Waals surface area (Å²) in [6.45, 7) is 1.92. The SMILES string of the molecule is Cc1ccc(S(=O)(=O)NN=C2CCC(c3cccc(Cl)c3)CC2)cc1. The Kier molecular flexibility index (Phi) is 5.45. The number of aryl methyl sites for hydroxylation is 1. The van der Waals surface area contributed by atoms with E-state index in [0.29, 0.717) is 5.92 Å². The van der Waals surface area contributed by atoms with Gasteiger partial charge in [0.15, 0.2) is 0 Å². The summed E-state index contributed by atoms with van der Waals surface area (Å²) >= 11 is 6.06. The molecule has 132 valence electrons. The minimum atomic E-state index is -3.60. The maximum Gasteiger partial charge on any atom is 0.276 e. The number of benzene rings is 2. The number of sulfonamides is 1. The highest BCUT2D eigenvalue weighted by molar-refractivity contribution is 7.89. The van der Waals surface area contributed by atoms with Crippen LogP contribution in [0.2, 0.25) is 5.02 Å². The molecule has 0 aliphatic heterocycles. The van der Waals surface area contributed by atoms with E-state index in [1.165, 1.54) is 5.56 Å². The average molecular weight is 377 g/mol.